The highest BCUT2D eigenvalue weighted by atomic mass is 15.2. The maximum absolute atomic E-state index is 5.77. The highest BCUT2D eigenvalue weighted by Crippen LogP contribution is 2.23. The van der Waals surface area contributed by atoms with E-state index in [1.54, 1.807) is 0 Å². The maximum atomic E-state index is 5.77. The van der Waals surface area contributed by atoms with Gasteiger partial charge in [0.1, 0.15) is 5.82 Å². The van der Waals surface area contributed by atoms with Gasteiger partial charge >= 0.3 is 0 Å². The highest BCUT2D eigenvalue weighted by molar-refractivity contribution is 5.47. The molecule has 2 N–H and O–H groups in total. The summed E-state index contributed by atoms with van der Waals surface area (Å²) in [5, 5.41) is 8.72. The SMILES string of the molecule is CC(C)N1CCC(Cc2nnc3c(CN)cccn23)CC1. The summed E-state index contributed by atoms with van der Waals surface area (Å²) in [6.07, 6.45) is 5.57. The van der Waals surface area contributed by atoms with Crippen molar-refractivity contribution in [3.8, 4) is 0 Å². The lowest BCUT2D eigenvalue weighted by atomic mass is 9.92. The molecule has 0 aliphatic carbocycles. The molecule has 0 amide bonds. The number of nitrogens with zero attached hydrogens (tertiary/aromatic N) is 4. The van der Waals surface area contributed by atoms with Crippen molar-refractivity contribution in [2.45, 2.75) is 45.7 Å². The first-order valence-electron chi connectivity index (χ1n) is 7.94. The summed E-state index contributed by atoms with van der Waals surface area (Å²) in [7, 11) is 0. The van der Waals surface area contributed by atoms with E-state index in [1.165, 1.54) is 25.9 Å². The third kappa shape index (κ3) is 2.94. The zero-order valence-corrected chi connectivity index (χ0v) is 13.0. The first kappa shape index (κ1) is 14.5. The molecule has 0 saturated carbocycles. The van der Waals surface area contributed by atoms with Crippen molar-refractivity contribution < 1.29 is 0 Å². The van der Waals surface area contributed by atoms with Gasteiger partial charge in [0, 0.05) is 30.8 Å². The predicted octanol–water partition coefficient (Wildman–Crippen LogP) is 1.85. The van der Waals surface area contributed by atoms with Gasteiger partial charge < -0.3 is 10.6 Å². The van der Waals surface area contributed by atoms with Gasteiger partial charge in [-0.3, -0.25) is 4.40 Å². The minimum atomic E-state index is 0.509. The van der Waals surface area contributed by atoms with Crippen LogP contribution in [0.4, 0.5) is 0 Å². The van der Waals surface area contributed by atoms with Crippen LogP contribution in [0.5, 0.6) is 0 Å². The molecule has 5 nitrogen and oxygen atoms in total. The molecule has 3 rings (SSSR count). The number of hydrogen-bond donors (Lipinski definition) is 1. The Labute approximate surface area is 126 Å². The van der Waals surface area contributed by atoms with Gasteiger partial charge in [-0.1, -0.05) is 6.07 Å². The molecule has 0 aromatic carbocycles. The van der Waals surface area contributed by atoms with E-state index in [0.29, 0.717) is 18.5 Å². The number of fused-ring (bicyclic) bond motifs is 1. The second-order valence-corrected chi connectivity index (χ2v) is 6.32. The second kappa shape index (κ2) is 6.12. The number of aromatic nitrogens is 3. The Morgan fingerprint density at radius 3 is 2.71 bits per heavy atom. The number of nitrogens with two attached hydrogens (primary N) is 1. The molecule has 1 fully saturated rings. The highest BCUT2D eigenvalue weighted by Gasteiger charge is 2.22. The summed E-state index contributed by atoms with van der Waals surface area (Å²) in [6.45, 7) is 7.47. The summed E-state index contributed by atoms with van der Waals surface area (Å²) in [5.41, 5.74) is 7.74. The van der Waals surface area contributed by atoms with Crippen LogP contribution in [-0.2, 0) is 13.0 Å². The minimum Gasteiger partial charge on any atom is -0.326 e. The van der Waals surface area contributed by atoms with Crippen molar-refractivity contribution in [3.05, 3.63) is 29.7 Å². The van der Waals surface area contributed by atoms with E-state index in [9.17, 15) is 0 Å². The van der Waals surface area contributed by atoms with Crippen molar-refractivity contribution in [1.29, 1.82) is 0 Å². The average molecular weight is 287 g/mol. The minimum absolute atomic E-state index is 0.509. The summed E-state index contributed by atoms with van der Waals surface area (Å²) in [4.78, 5) is 2.56. The summed E-state index contributed by atoms with van der Waals surface area (Å²) >= 11 is 0. The molecule has 2 aromatic rings. The molecule has 1 aliphatic heterocycles. The van der Waals surface area contributed by atoms with Crippen molar-refractivity contribution in [1.82, 2.24) is 19.5 Å². The van der Waals surface area contributed by atoms with Crippen LogP contribution in [0.25, 0.3) is 5.65 Å². The largest absolute Gasteiger partial charge is 0.326 e. The van der Waals surface area contributed by atoms with Crippen LogP contribution < -0.4 is 5.73 Å². The third-order valence-corrected chi connectivity index (χ3v) is 4.66. The molecule has 0 radical (unpaired) electrons. The average Bonchev–Trinajstić information content (AvgIpc) is 2.91. The molecule has 3 heterocycles. The zero-order valence-electron chi connectivity index (χ0n) is 13.0. The Hall–Kier alpha value is -1.46. The molecule has 0 atom stereocenters. The number of hydrogen-bond acceptors (Lipinski definition) is 4. The lowest BCUT2D eigenvalue weighted by Crippen LogP contribution is -2.39. The number of likely N-dealkylation sites (tertiary alicyclic amines) is 1. The van der Waals surface area contributed by atoms with E-state index < -0.39 is 0 Å². The van der Waals surface area contributed by atoms with Crippen LogP contribution >= 0.6 is 0 Å². The molecule has 5 heteroatoms. The molecule has 1 aliphatic rings. The quantitative estimate of drug-likeness (QED) is 0.932. The van der Waals surface area contributed by atoms with Crippen molar-refractivity contribution in [2.75, 3.05) is 13.1 Å². The van der Waals surface area contributed by atoms with Gasteiger partial charge in [-0.05, 0) is 51.8 Å². The molecule has 0 unspecified atom stereocenters. The summed E-state index contributed by atoms with van der Waals surface area (Å²) in [6, 6.07) is 4.71. The van der Waals surface area contributed by atoms with Gasteiger partial charge in [-0.2, -0.15) is 0 Å². The maximum Gasteiger partial charge on any atom is 0.165 e. The number of rotatable bonds is 4. The predicted molar refractivity (Wildman–Crippen MR) is 84.0 cm³/mol. The Morgan fingerprint density at radius 1 is 1.29 bits per heavy atom. The molecular weight excluding hydrogens is 262 g/mol. The van der Waals surface area contributed by atoms with Crippen LogP contribution in [0.15, 0.2) is 18.3 Å². The van der Waals surface area contributed by atoms with Crippen LogP contribution in [0.3, 0.4) is 0 Å². The van der Waals surface area contributed by atoms with Gasteiger partial charge in [-0.15, -0.1) is 10.2 Å². The monoisotopic (exact) mass is 287 g/mol. The van der Waals surface area contributed by atoms with Crippen LogP contribution in [0.2, 0.25) is 0 Å². The first-order valence-corrected chi connectivity index (χ1v) is 7.94. The Kier molecular flexibility index (Phi) is 4.22. The number of pyridine rings is 1. The topological polar surface area (TPSA) is 59.5 Å². The number of piperidine rings is 1. The van der Waals surface area contributed by atoms with Gasteiger partial charge in [-0.25, -0.2) is 0 Å². The van der Waals surface area contributed by atoms with E-state index in [0.717, 1.165) is 23.5 Å². The fourth-order valence-corrected chi connectivity index (χ4v) is 3.25. The second-order valence-electron chi connectivity index (χ2n) is 6.32. The lowest BCUT2D eigenvalue weighted by Gasteiger charge is -2.34. The van der Waals surface area contributed by atoms with Crippen LogP contribution in [-0.4, -0.2) is 38.6 Å². The van der Waals surface area contributed by atoms with E-state index in [4.69, 9.17) is 5.73 Å². The molecule has 1 saturated heterocycles. The normalized spacial score (nSPS) is 17.9. The third-order valence-electron chi connectivity index (χ3n) is 4.66. The first-order chi connectivity index (χ1) is 10.2. The Bertz CT molecular complexity index is 596. The van der Waals surface area contributed by atoms with Gasteiger partial charge in [0.25, 0.3) is 0 Å². The fourth-order valence-electron chi connectivity index (χ4n) is 3.25. The molecule has 2 aromatic heterocycles. The van der Waals surface area contributed by atoms with Crippen LogP contribution in [0.1, 0.15) is 38.1 Å². The van der Waals surface area contributed by atoms with E-state index in [1.807, 2.05) is 18.3 Å². The molecular formula is C16H25N5. The van der Waals surface area contributed by atoms with Crippen LogP contribution in [0, 0.1) is 5.92 Å². The molecule has 21 heavy (non-hydrogen) atoms. The molecule has 0 bridgehead atoms. The smallest absolute Gasteiger partial charge is 0.165 e. The van der Waals surface area contributed by atoms with Gasteiger partial charge in [0.15, 0.2) is 5.65 Å². The fraction of sp³-hybridized carbons (Fsp3) is 0.625. The lowest BCUT2D eigenvalue weighted by molar-refractivity contribution is 0.148. The molecule has 114 valence electrons. The van der Waals surface area contributed by atoms with Crippen molar-refractivity contribution in [2.24, 2.45) is 11.7 Å². The van der Waals surface area contributed by atoms with E-state index in [2.05, 4.69) is 33.3 Å². The molecule has 0 spiro atoms. The van der Waals surface area contributed by atoms with E-state index >= 15 is 0 Å². The van der Waals surface area contributed by atoms with Crippen molar-refractivity contribution >= 4 is 5.65 Å². The summed E-state index contributed by atoms with van der Waals surface area (Å²) < 4.78 is 2.11. The Morgan fingerprint density at radius 2 is 2.05 bits per heavy atom. The van der Waals surface area contributed by atoms with Gasteiger partial charge in [0.05, 0.1) is 0 Å². The zero-order chi connectivity index (χ0) is 14.8. The standard InChI is InChI=1S/C16H25N5/c1-12(2)20-8-5-13(6-9-20)10-15-18-19-16-14(11-17)4-3-7-21(15)16/h3-4,7,12-13H,5-6,8-11,17H2,1-2H3. The van der Waals surface area contributed by atoms with E-state index in [-0.39, 0.29) is 0 Å². The van der Waals surface area contributed by atoms with Crippen molar-refractivity contribution in [3.63, 3.8) is 0 Å². The Balaban J connectivity index is 1.72. The summed E-state index contributed by atoms with van der Waals surface area (Å²) in [5.74, 6) is 1.79. The van der Waals surface area contributed by atoms with Gasteiger partial charge in [0.2, 0.25) is 0 Å².